The normalized spacial score (nSPS) is 18.0. The third kappa shape index (κ3) is 4.00. The number of carbonyl (C=O) groups is 1. The number of anilines is 1. The molecule has 7 nitrogen and oxygen atoms in total. The van der Waals surface area contributed by atoms with Gasteiger partial charge in [0.15, 0.2) is 0 Å². The minimum atomic E-state index is -3.03. The van der Waals surface area contributed by atoms with Crippen LogP contribution in [0, 0.1) is 6.92 Å². The molecule has 0 radical (unpaired) electrons. The molecule has 0 spiro atoms. The lowest BCUT2D eigenvalue weighted by atomic mass is 9.83. The largest absolute Gasteiger partial charge is 0.487 e. The molecule has 1 aliphatic heterocycles. The summed E-state index contributed by atoms with van der Waals surface area (Å²) < 4.78 is 41.8. The first-order valence-corrected chi connectivity index (χ1v) is 10.4. The van der Waals surface area contributed by atoms with Crippen molar-refractivity contribution < 1.29 is 22.7 Å². The second kappa shape index (κ2) is 8.38. The molecule has 1 aliphatic rings. The number of aromatic nitrogens is 1. The Kier molecular flexibility index (Phi) is 5.77. The van der Waals surface area contributed by atoms with Crippen molar-refractivity contribution >= 4 is 22.7 Å². The molecule has 4 rings (SSSR count). The van der Waals surface area contributed by atoms with Gasteiger partial charge in [-0.05, 0) is 44.2 Å². The molecule has 32 heavy (non-hydrogen) atoms. The summed E-state index contributed by atoms with van der Waals surface area (Å²) in [5.41, 5.74) is 6.95. The molecule has 3 aromatic rings. The number of amides is 1. The molecular formula is C23H26F2N4O3. The fourth-order valence-corrected chi connectivity index (χ4v) is 4.22. The van der Waals surface area contributed by atoms with Crippen molar-refractivity contribution in [1.82, 2.24) is 10.3 Å². The van der Waals surface area contributed by atoms with E-state index >= 15 is 8.78 Å². The van der Waals surface area contributed by atoms with Crippen molar-refractivity contribution in [2.75, 3.05) is 32.1 Å². The topological polar surface area (TPSA) is 93.6 Å². The Morgan fingerprint density at radius 2 is 2.12 bits per heavy atom. The zero-order valence-corrected chi connectivity index (χ0v) is 18.2. The van der Waals surface area contributed by atoms with Gasteiger partial charge in [0, 0.05) is 25.0 Å². The van der Waals surface area contributed by atoms with Crippen LogP contribution in [0.2, 0.25) is 0 Å². The smallest absolute Gasteiger partial charge is 0.267 e. The lowest BCUT2D eigenvalue weighted by Gasteiger charge is -2.33. The Hall–Kier alpha value is -3.20. The van der Waals surface area contributed by atoms with Crippen molar-refractivity contribution in [3.63, 3.8) is 0 Å². The molecule has 0 aliphatic carbocycles. The molecule has 1 aromatic carbocycles. The number of ether oxygens (including phenoxy) is 1. The van der Waals surface area contributed by atoms with Crippen molar-refractivity contribution in [1.29, 1.82) is 0 Å². The Bertz CT molecular complexity index is 1160. The van der Waals surface area contributed by atoms with E-state index in [9.17, 15) is 4.79 Å². The van der Waals surface area contributed by atoms with Crippen LogP contribution in [0.25, 0.3) is 11.0 Å². The molecule has 1 saturated heterocycles. The number of carbonyl (C=O) groups excluding carboxylic acids is 1. The first-order chi connectivity index (χ1) is 15.2. The maximum atomic E-state index is 15.0. The van der Waals surface area contributed by atoms with E-state index in [1.807, 2.05) is 31.1 Å². The van der Waals surface area contributed by atoms with Crippen molar-refractivity contribution in [2.24, 2.45) is 5.73 Å². The fourth-order valence-electron chi connectivity index (χ4n) is 4.22. The van der Waals surface area contributed by atoms with Crippen molar-refractivity contribution in [2.45, 2.75) is 31.8 Å². The molecule has 1 amide bonds. The molecule has 0 bridgehead atoms. The second-order valence-electron chi connectivity index (χ2n) is 8.20. The number of halogens is 2. The summed E-state index contributed by atoms with van der Waals surface area (Å²) >= 11 is 0. The molecule has 9 heteroatoms. The molecule has 1 atom stereocenters. The Labute approximate surface area is 184 Å². The number of pyridine rings is 1. The number of primary amides is 1. The average molecular weight is 444 g/mol. The zero-order chi connectivity index (χ0) is 23.0. The number of nitrogens with two attached hydrogens (primary N) is 1. The van der Waals surface area contributed by atoms with E-state index in [0.29, 0.717) is 29.0 Å². The number of piperidine rings is 1. The monoisotopic (exact) mass is 444 g/mol. The van der Waals surface area contributed by atoms with E-state index in [1.54, 1.807) is 25.1 Å². The van der Waals surface area contributed by atoms with Gasteiger partial charge in [-0.15, -0.1) is 0 Å². The van der Waals surface area contributed by atoms with Gasteiger partial charge in [-0.2, -0.15) is 0 Å². The van der Waals surface area contributed by atoms with E-state index in [0.717, 1.165) is 5.82 Å². The standard InChI is InChI=1S/C23H26F2N4O3/c1-13-19(22(26)30)21-17(32-13)8-7-16(20(21)15-9-10-27-12-23(15,24)25)31-11-14-5-4-6-18(28-14)29(2)3/h4-8,15,27H,9-12H2,1-3H3,(H2,26,30). The number of nitrogens with one attached hydrogen (secondary N) is 1. The quantitative estimate of drug-likeness (QED) is 0.604. The van der Waals surface area contributed by atoms with Gasteiger partial charge in [-0.25, -0.2) is 13.8 Å². The Balaban J connectivity index is 1.82. The Morgan fingerprint density at radius 3 is 2.81 bits per heavy atom. The van der Waals surface area contributed by atoms with E-state index in [4.69, 9.17) is 14.9 Å². The maximum Gasteiger partial charge on any atom is 0.267 e. The molecule has 3 N–H and O–H groups in total. The van der Waals surface area contributed by atoms with E-state index in [1.165, 1.54) is 0 Å². The van der Waals surface area contributed by atoms with Crippen LogP contribution in [-0.4, -0.2) is 44.0 Å². The third-order valence-corrected chi connectivity index (χ3v) is 5.73. The number of benzene rings is 1. The minimum Gasteiger partial charge on any atom is -0.487 e. The number of aryl methyl sites for hydroxylation is 1. The molecule has 0 saturated carbocycles. The van der Waals surface area contributed by atoms with Gasteiger partial charge in [0.25, 0.3) is 11.8 Å². The zero-order valence-electron chi connectivity index (χ0n) is 18.2. The van der Waals surface area contributed by atoms with E-state index in [-0.39, 0.29) is 29.9 Å². The Morgan fingerprint density at radius 1 is 1.34 bits per heavy atom. The van der Waals surface area contributed by atoms with Crippen LogP contribution >= 0.6 is 0 Å². The van der Waals surface area contributed by atoms with Gasteiger partial charge >= 0.3 is 0 Å². The highest BCUT2D eigenvalue weighted by Gasteiger charge is 2.45. The van der Waals surface area contributed by atoms with Gasteiger partial charge in [-0.3, -0.25) is 4.79 Å². The molecule has 1 unspecified atom stereocenters. The minimum absolute atomic E-state index is 0.0828. The predicted molar refractivity (Wildman–Crippen MR) is 118 cm³/mol. The molecule has 2 aromatic heterocycles. The summed E-state index contributed by atoms with van der Waals surface area (Å²) in [5.74, 6) is -3.59. The highest BCUT2D eigenvalue weighted by molar-refractivity contribution is 6.08. The summed E-state index contributed by atoms with van der Waals surface area (Å²) in [4.78, 5) is 18.6. The van der Waals surface area contributed by atoms with Crippen LogP contribution in [0.3, 0.4) is 0 Å². The van der Waals surface area contributed by atoms with Crippen LogP contribution in [0.15, 0.2) is 34.7 Å². The summed E-state index contributed by atoms with van der Waals surface area (Å²) in [7, 11) is 3.76. The number of nitrogens with zero attached hydrogens (tertiary/aromatic N) is 2. The van der Waals surface area contributed by atoms with Gasteiger partial charge in [-0.1, -0.05) is 6.07 Å². The number of hydrogen-bond donors (Lipinski definition) is 2. The summed E-state index contributed by atoms with van der Waals surface area (Å²) in [6.07, 6.45) is 0.180. The third-order valence-electron chi connectivity index (χ3n) is 5.73. The van der Waals surface area contributed by atoms with E-state index in [2.05, 4.69) is 10.3 Å². The molecule has 170 valence electrons. The summed E-state index contributed by atoms with van der Waals surface area (Å²) in [6, 6.07) is 8.76. The van der Waals surface area contributed by atoms with Gasteiger partial charge in [0.2, 0.25) is 0 Å². The number of hydrogen-bond acceptors (Lipinski definition) is 6. The second-order valence-corrected chi connectivity index (χ2v) is 8.20. The number of fused-ring (bicyclic) bond motifs is 1. The number of furan rings is 1. The average Bonchev–Trinajstić information content (AvgIpc) is 3.08. The van der Waals surface area contributed by atoms with Crippen LogP contribution in [-0.2, 0) is 6.61 Å². The summed E-state index contributed by atoms with van der Waals surface area (Å²) in [5, 5.41) is 3.04. The van der Waals surface area contributed by atoms with Crippen LogP contribution < -0.4 is 20.7 Å². The molecule has 1 fully saturated rings. The first kappa shape index (κ1) is 22.0. The van der Waals surface area contributed by atoms with Gasteiger partial charge in [0.1, 0.15) is 29.5 Å². The summed E-state index contributed by atoms with van der Waals surface area (Å²) in [6.45, 7) is 1.65. The highest BCUT2D eigenvalue weighted by Crippen LogP contribution is 2.47. The SMILES string of the molecule is Cc1oc2ccc(OCc3cccc(N(C)C)n3)c(C3CCNCC3(F)F)c2c1C(N)=O. The molecule has 3 heterocycles. The molecular weight excluding hydrogens is 418 g/mol. The van der Waals surface area contributed by atoms with Crippen LogP contribution in [0.5, 0.6) is 5.75 Å². The lowest BCUT2D eigenvalue weighted by molar-refractivity contribution is -0.0423. The van der Waals surface area contributed by atoms with Crippen LogP contribution in [0.1, 0.15) is 39.7 Å². The van der Waals surface area contributed by atoms with Gasteiger partial charge in [0.05, 0.1) is 23.7 Å². The van der Waals surface area contributed by atoms with Gasteiger partial charge < -0.3 is 25.1 Å². The van der Waals surface area contributed by atoms with Crippen molar-refractivity contribution in [3.8, 4) is 5.75 Å². The lowest BCUT2D eigenvalue weighted by Crippen LogP contribution is -2.44. The first-order valence-electron chi connectivity index (χ1n) is 10.4. The number of rotatable bonds is 6. The van der Waals surface area contributed by atoms with Crippen molar-refractivity contribution in [3.05, 3.63) is 52.9 Å². The maximum absolute atomic E-state index is 15.0. The number of alkyl halides is 2. The van der Waals surface area contributed by atoms with Crippen LogP contribution in [0.4, 0.5) is 14.6 Å². The fraction of sp³-hybridized carbons (Fsp3) is 0.391. The highest BCUT2D eigenvalue weighted by atomic mass is 19.3. The predicted octanol–water partition coefficient (Wildman–Crippen LogP) is 3.59. The van der Waals surface area contributed by atoms with E-state index < -0.39 is 24.3 Å².